The van der Waals surface area contributed by atoms with Gasteiger partial charge in [-0.2, -0.15) is 0 Å². The molecule has 1 atom stereocenters. The number of imide groups is 1. The molecule has 4 amide bonds. The van der Waals surface area contributed by atoms with Crippen molar-refractivity contribution in [2.75, 3.05) is 13.1 Å². The Morgan fingerprint density at radius 3 is 2.06 bits per heavy atom. The number of urea groups is 1. The predicted octanol–water partition coefficient (Wildman–Crippen LogP) is 2.78. The van der Waals surface area contributed by atoms with Crippen LogP contribution >= 0.6 is 0 Å². The summed E-state index contributed by atoms with van der Waals surface area (Å²) in [5.41, 5.74) is 1.82. The molecule has 2 aliphatic rings. The van der Waals surface area contributed by atoms with Crippen LogP contribution < -0.4 is 10.6 Å². The predicted molar refractivity (Wildman–Crippen MR) is 115 cm³/mol. The lowest BCUT2D eigenvalue weighted by Crippen LogP contribution is -2.41. The van der Waals surface area contributed by atoms with Gasteiger partial charge in [-0.05, 0) is 44.4 Å². The van der Waals surface area contributed by atoms with Gasteiger partial charge < -0.3 is 10.2 Å². The van der Waals surface area contributed by atoms with Crippen LogP contribution in [-0.2, 0) is 10.3 Å². The molecule has 160 valence electrons. The van der Waals surface area contributed by atoms with Crippen LogP contribution in [0.25, 0.3) is 0 Å². The Balaban J connectivity index is 1.39. The second kappa shape index (κ2) is 7.98. The van der Waals surface area contributed by atoms with E-state index in [-0.39, 0.29) is 17.6 Å². The molecule has 0 aliphatic carbocycles. The summed E-state index contributed by atoms with van der Waals surface area (Å²) in [7, 11) is 0. The largest absolute Gasteiger partial charge is 0.339 e. The summed E-state index contributed by atoms with van der Waals surface area (Å²) < 4.78 is 0. The summed E-state index contributed by atoms with van der Waals surface area (Å²) in [5.74, 6) is -0.449. The number of nitrogens with zero attached hydrogens (tertiary/aromatic N) is 1. The maximum Gasteiger partial charge on any atom is 0.322 e. The first kappa shape index (κ1) is 20.8. The Labute approximate surface area is 180 Å². The number of likely N-dealkylation sites (tertiary alicyclic amines) is 1. The Morgan fingerprint density at radius 2 is 1.52 bits per heavy atom. The first-order chi connectivity index (χ1) is 14.8. The van der Waals surface area contributed by atoms with E-state index in [1.54, 1.807) is 36.1 Å². The normalized spacial score (nSPS) is 21.5. The number of hydrogen-bond donors (Lipinski definition) is 2. The summed E-state index contributed by atoms with van der Waals surface area (Å²) in [5, 5.41) is 4.84. The molecule has 0 bridgehead atoms. The van der Waals surface area contributed by atoms with Crippen molar-refractivity contribution in [1.29, 1.82) is 0 Å². The highest BCUT2D eigenvalue weighted by atomic mass is 16.2. The highest BCUT2D eigenvalue weighted by Crippen LogP contribution is 2.26. The van der Waals surface area contributed by atoms with Gasteiger partial charge in [0.15, 0.2) is 5.78 Å². The molecule has 0 unspecified atom stereocenters. The van der Waals surface area contributed by atoms with Crippen LogP contribution in [0, 0.1) is 12.8 Å². The van der Waals surface area contributed by atoms with Crippen molar-refractivity contribution in [3.63, 3.8) is 0 Å². The molecule has 2 heterocycles. The summed E-state index contributed by atoms with van der Waals surface area (Å²) in [6.07, 6.45) is 1.28. The molecule has 2 aliphatic heterocycles. The fourth-order valence-electron chi connectivity index (χ4n) is 4.17. The smallest absolute Gasteiger partial charge is 0.322 e. The van der Waals surface area contributed by atoms with Crippen LogP contribution in [0.1, 0.15) is 51.6 Å². The van der Waals surface area contributed by atoms with Crippen LogP contribution in [0.3, 0.4) is 0 Å². The van der Waals surface area contributed by atoms with E-state index in [1.165, 1.54) is 0 Å². The first-order valence-electron chi connectivity index (χ1n) is 10.4. The highest BCUT2D eigenvalue weighted by molar-refractivity contribution is 6.07. The molecule has 0 spiro atoms. The lowest BCUT2D eigenvalue weighted by Gasteiger charge is -2.31. The van der Waals surface area contributed by atoms with Gasteiger partial charge in [-0.1, -0.05) is 42.0 Å². The van der Waals surface area contributed by atoms with E-state index in [0.717, 1.165) is 11.1 Å². The molecule has 31 heavy (non-hydrogen) atoms. The van der Waals surface area contributed by atoms with Crippen LogP contribution in [0.2, 0.25) is 0 Å². The summed E-state index contributed by atoms with van der Waals surface area (Å²) in [6, 6.07) is 13.8. The number of carbonyl (C=O) groups excluding carboxylic acids is 4. The highest BCUT2D eigenvalue weighted by Gasteiger charge is 2.43. The number of nitrogens with one attached hydrogen (secondary N) is 2. The van der Waals surface area contributed by atoms with E-state index < -0.39 is 17.5 Å². The number of aryl methyl sites for hydroxylation is 1. The standard InChI is InChI=1S/C24H25N3O4/c1-15-3-5-16(6-4-15)20(28)17-11-13-27(14-12-17)21(29)18-7-9-19(10-8-18)24(2)22(30)25-23(31)26-24/h3-10,17H,11-14H2,1-2H3,(H2,25,26,30,31)/t24-/m1/s1. The molecule has 0 saturated carbocycles. The third-order valence-electron chi connectivity index (χ3n) is 6.24. The molecule has 7 nitrogen and oxygen atoms in total. The van der Waals surface area contributed by atoms with Crippen molar-refractivity contribution in [1.82, 2.24) is 15.5 Å². The summed E-state index contributed by atoms with van der Waals surface area (Å²) >= 11 is 0. The van der Waals surface area contributed by atoms with E-state index >= 15 is 0 Å². The van der Waals surface area contributed by atoms with E-state index in [4.69, 9.17) is 0 Å². The average Bonchev–Trinajstić information content (AvgIpc) is 3.05. The Kier molecular flexibility index (Phi) is 5.35. The van der Waals surface area contributed by atoms with Crippen molar-refractivity contribution in [3.05, 3.63) is 70.8 Å². The summed E-state index contributed by atoms with van der Waals surface area (Å²) in [6.45, 7) is 4.67. The third kappa shape index (κ3) is 3.95. The number of Topliss-reactive ketones (excluding diaryl/α,β-unsaturated/α-hetero) is 1. The number of piperidine rings is 1. The molecule has 2 aromatic rings. The quantitative estimate of drug-likeness (QED) is 0.588. The van der Waals surface area contributed by atoms with Gasteiger partial charge in [0.2, 0.25) is 0 Å². The van der Waals surface area contributed by atoms with Gasteiger partial charge >= 0.3 is 6.03 Å². The fraction of sp³-hybridized carbons (Fsp3) is 0.333. The van der Waals surface area contributed by atoms with Gasteiger partial charge in [0.25, 0.3) is 11.8 Å². The topological polar surface area (TPSA) is 95.6 Å². The fourth-order valence-corrected chi connectivity index (χ4v) is 4.17. The van der Waals surface area contributed by atoms with Crippen LogP contribution in [0.5, 0.6) is 0 Å². The maximum atomic E-state index is 12.9. The van der Waals surface area contributed by atoms with Crippen molar-refractivity contribution >= 4 is 23.6 Å². The minimum absolute atomic E-state index is 0.0708. The van der Waals surface area contributed by atoms with E-state index in [2.05, 4.69) is 10.6 Å². The number of benzene rings is 2. The molecule has 7 heteroatoms. The lowest BCUT2D eigenvalue weighted by atomic mass is 9.88. The molecular formula is C24H25N3O4. The zero-order chi connectivity index (χ0) is 22.2. The number of amides is 4. The number of ketones is 1. The van der Waals surface area contributed by atoms with Gasteiger partial charge in [0, 0.05) is 30.1 Å². The van der Waals surface area contributed by atoms with Crippen LogP contribution in [0.4, 0.5) is 4.79 Å². The molecule has 2 N–H and O–H groups in total. The van der Waals surface area contributed by atoms with E-state index in [1.807, 2.05) is 31.2 Å². The van der Waals surface area contributed by atoms with Crippen molar-refractivity contribution in [3.8, 4) is 0 Å². The number of rotatable bonds is 4. The maximum absolute atomic E-state index is 12.9. The zero-order valence-electron chi connectivity index (χ0n) is 17.6. The van der Waals surface area contributed by atoms with Gasteiger partial charge in [0.1, 0.15) is 5.54 Å². The minimum atomic E-state index is -1.15. The zero-order valence-corrected chi connectivity index (χ0v) is 17.6. The first-order valence-corrected chi connectivity index (χ1v) is 10.4. The molecule has 2 saturated heterocycles. The van der Waals surface area contributed by atoms with Crippen LogP contribution in [-0.4, -0.2) is 41.6 Å². The van der Waals surface area contributed by atoms with E-state index in [9.17, 15) is 19.2 Å². The Bertz CT molecular complexity index is 1040. The minimum Gasteiger partial charge on any atom is -0.339 e. The van der Waals surface area contributed by atoms with Crippen LogP contribution in [0.15, 0.2) is 48.5 Å². The molecule has 4 rings (SSSR count). The summed E-state index contributed by atoms with van der Waals surface area (Å²) in [4.78, 5) is 51.0. The van der Waals surface area contributed by atoms with Gasteiger partial charge in [0.05, 0.1) is 0 Å². The second-order valence-electron chi connectivity index (χ2n) is 8.41. The Hall–Kier alpha value is -3.48. The lowest BCUT2D eigenvalue weighted by molar-refractivity contribution is -0.123. The SMILES string of the molecule is Cc1ccc(C(=O)C2CCN(C(=O)c3ccc([C@@]4(C)NC(=O)NC4=O)cc3)CC2)cc1. The van der Waals surface area contributed by atoms with Gasteiger partial charge in [-0.15, -0.1) is 0 Å². The van der Waals surface area contributed by atoms with Gasteiger partial charge in [-0.25, -0.2) is 4.79 Å². The third-order valence-corrected chi connectivity index (χ3v) is 6.24. The number of hydrogen-bond acceptors (Lipinski definition) is 4. The number of carbonyl (C=O) groups is 4. The second-order valence-corrected chi connectivity index (χ2v) is 8.41. The van der Waals surface area contributed by atoms with E-state index in [0.29, 0.717) is 37.1 Å². The van der Waals surface area contributed by atoms with Gasteiger partial charge in [-0.3, -0.25) is 19.7 Å². The molecule has 0 radical (unpaired) electrons. The molecule has 2 aromatic carbocycles. The van der Waals surface area contributed by atoms with Crippen molar-refractivity contribution in [2.24, 2.45) is 5.92 Å². The molecule has 0 aromatic heterocycles. The Morgan fingerprint density at radius 1 is 0.935 bits per heavy atom. The molecule has 2 fully saturated rings. The monoisotopic (exact) mass is 419 g/mol. The molecular weight excluding hydrogens is 394 g/mol. The van der Waals surface area contributed by atoms with Crippen molar-refractivity contribution in [2.45, 2.75) is 32.2 Å². The average molecular weight is 419 g/mol. The van der Waals surface area contributed by atoms with Crippen molar-refractivity contribution < 1.29 is 19.2 Å².